The number of ether oxygens (including phenoxy) is 1. The third-order valence-electron chi connectivity index (χ3n) is 5.14. The molecule has 0 atom stereocenters. The summed E-state index contributed by atoms with van der Waals surface area (Å²) < 4.78 is 6.68. The lowest BCUT2D eigenvalue weighted by molar-refractivity contribution is -0.116. The summed E-state index contributed by atoms with van der Waals surface area (Å²) in [5.74, 6) is -0.667. The zero-order valence-electron chi connectivity index (χ0n) is 17.5. The number of fused-ring (bicyclic) bond motifs is 1. The van der Waals surface area contributed by atoms with E-state index in [9.17, 15) is 9.59 Å². The van der Waals surface area contributed by atoms with Crippen molar-refractivity contribution >= 4 is 40.1 Å². The molecular formula is C25H22ClN3O3. The average molecular weight is 448 g/mol. The van der Waals surface area contributed by atoms with Crippen LogP contribution in [-0.4, -0.2) is 28.8 Å². The van der Waals surface area contributed by atoms with Gasteiger partial charge in [-0.25, -0.2) is 4.79 Å². The normalized spacial score (nSPS) is 10.8. The Bertz CT molecular complexity index is 1270. The summed E-state index contributed by atoms with van der Waals surface area (Å²) in [6.45, 7) is 0.567. The molecule has 0 saturated heterocycles. The van der Waals surface area contributed by atoms with E-state index in [1.54, 1.807) is 24.3 Å². The number of benzene rings is 3. The van der Waals surface area contributed by atoms with Gasteiger partial charge in [-0.15, -0.1) is 0 Å². The molecule has 0 aliphatic heterocycles. The number of hydrogen-bond acceptors (Lipinski definition) is 4. The van der Waals surface area contributed by atoms with Crippen LogP contribution in [0.15, 0.2) is 72.8 Å². The molecule has 0 fully saturated rings. The average Bonchev–Trinajstić information content (AvgIpc) is 3.17. The van der Waals surface area contributed by atoms with E-state index in [0.29, 0.717) is 29.2 Å². The summed E-state index contributed by atoms with van der Waals surface area (Å²) in [5, 5.41) is 9.22. The molecule has 0 bridgehead atoms. The zero-order chi connectivity index (χ0) is 22.5. The predicted molar refractivity (Wildman–Crippen MR) is 126 cm³/mol. The van der Waals surface area contributed by atoms with E-state index in [-0.39, 0.29) is 12.3 Å². The van der Waals surface area contributed by atoms with Gasteiger partial charge in [-0.05, 0) is 36.8 Å². The number of rotatable bonds is 7. The fraction of sp³-hybridized carbons (Fsp3) is 0.160. The van der Waals surface area contributed by atoms with Gasteiger partial charge in [-0.2, -0.15) is 5.10 Å². The van der Waals surface area contributed by atoms with Crippen LogP contribution in [0.4, 0.5) is 5.69 Å². The Morgan fingerprint density at radius 3 is 2.56 bits per heavy atom. The number of nitrogens with zero attached hydrogens (tertiary/aromatic N) is 2. The van der Waals surface area contributed by atoms with Crippen LogP contribution >= 0.6 is 11.6 Å². The smallest absolute Gasteiger partial charge is 0.339 e. The molecule has 0 aliphatic carbocycles. The second-order valence-electron chi connectivity index (χ2n) is 7.29. The number of carbonyl (C=O) groups is 2. The molecule has 3 aromatic carbocycles. The van der Waals surface area contributed by atoms with Gasteiger partial charge in [0.15, 0.2) is 0 Å². The van der Waals surface area contributed by atoms with Crippen molar-refractivity contribution < 1.29 is 14.3 Å². The lowest BCUT2D eigenvalue weighted by Crippen LogP contribution is -2.15. The lowest BCUT2D eigenvalue weighted by Gasteiger charge is -2.09. The highest BCUT2D eigenvalue weighted by Gasteiger charge is 2.15. The Kier molecular flexibility index (Phi) is 6.52. The van der Waals surface area contributed by atoms with Crippen molar-refractivity contribution in [2.45, 2.75) is 19.4 Å². The number of aryl methyl sites for hydroxylation is 1. The van der Waals surface area contributed by atoms with Crippen molar-refractivity contribution in [1.82, 2.24) is 9.78 Å². The summed E-state index contributed by atoms with van der Waals surface area (Å²) in [5.41, 5.74) is 3.60. The molecule has 7 heteroatoms. The lowest BCUT2D eigenvalue weighted by atomic mass is 10.1. The van der Waals surface area contributed by atoms with Gasteiger partial charge in [0.25, 0.3) is 0 Å². The van der Waals surface area contributed by atoms with Crippen LogP contribution in [0.1, 0.15) is 23.2 Å². The predicted octanol–water partition coefficient (Wildman–Crippen LogP) is 5.56. The zero-order valence-corrected chi connectivity index (χ0v) is 18.3. The van der Waals surface area contributed by atoms with E-state index < -0.39 is 5.97 Å². The first-order valence-corrected chi connectivity index (χ1v) is 10.6. The molecule has 1 amide bonds. The maximum absolute atomic E-state index is 12.5. The Hall–Kier alpha value is -3.64. The van der Waals surface area contributed by atoms with E-state index in [0.717, 1.165) is 22.2 Å². The van der Waals surface area contributed by atoms with Crippen molar-refractivity contribution in [3.05, 3.63) is 83.4 Å². The summed E-state index contributed by atoms with van der Waals surface area (Å²) in [4.78, 5) is 24.4. The number of hydrogen-bond donors (Lipinski definition) is 1. The van der Waals surface area contributed by atoms with E-state index >= 15 is 0 Å². The van der Waals surface area contributed by atoms with Gasteiger partial charge in [0, 0.05) is 28.9 Å². The highest BCUT2D eigenvalue weighted by atomic mass is 35.5. The van der Waals surface area contributed by atoms with Gasteiger partial charge < -0.3 is 10.1 Å². The number of carbonyl (C=O) groups excluding carboxylic acids is 2. The number of methoxy groups -OCH3 is 1. The molecule has 1 heterocycles. The highest BCUT2D eigenvalue weighted by molar-refractivity contribution is 6.31. The van der Waals surface area contributed by atoms with E-state index in [1.165, 1.54) is 7.11 Å². The Morgan fingerprint density at radius 2 is 1.78 bits per heavy atom. The Morgan fingerprint density at radius 1 is 1.03 bits per heavy atom. The largest absolute Gasteiger partial charge is 0.465 e. The highest BCUT2D eigenvalue weighted by Crippen LogP contribution is 2.30. The van der Waals surface area contributed by atoms with Gasteiger partial charge in [0.1, 0.15) is 5.69 Å². The van der Waals surface area contributed by atoms with Crippen molar-refractivity contribution in [1.29, 1.82) is 0 Å². The van der Waals surface area contributed by atoms with Crippen LogP contribution in [0.5, 0.6) is 0 Å². The monoisotopic (exact) mass is 447 g/mol. The van der Waals surface area contributed by atoms with Gasteiger partial charge >= 0.3 is 5.97 Å². The maximum Gasteiger partial charge on any atom is 0.339 e. The number of nitrogens with one attached hydrogen (secondary N) is 1. The van der Waals surface area contributed by atoms with Crippen LogP contribution in [-0.2, 0) is 16.1 Å². The number of halogens is 1. The minimum absolute atomic E-state index is 0.177. The van der Waals surface area contributed by atoms with Crippen molar-refractivity contribution in [3.63, 3.8) is 0 Å². The molecule has 0 unspecified atom stereocenters. The van der Waals surface area contributed by atoms with Crippen LogP contribution < -0.4 is 5.32 Å². The first kappa shape index (κ1) is 21.6. The number of para-hydroxylation sites is 1. The molecular weight excluding hydrogens is 426 g/mol. The number of amides is 1. The minimum Gasteiger partial charge on any atom is -0.465 e. The van der Waals surface area contributed by atoms with Crippen LogP contribution in [0, 0.1) is 0 Å². The topological polar surface area (TPSA) is 73.2 Å². The van der Waals surface area contributed by atoms with Crippen molar-refractivity contribution in [2.24, 2.45) is 0 Å². The summed E-state index contributed by atoms with van der Waals surface area (Å²) in [7, 11) is 1.31. The minimum atomic E-state index is -0.490. The molecule has 6 nitrogen and oxygen atoms in total. The Labute approximate surface area is 190 Å². The van der Waals surface area contributed by atoms with Gasteiger partial charge in [-0.1, -0.05) is 54.1 Å². The molecule has 1 N–H and O–H groups in total. The van der Waals surface area contributed by atoms with Crippen LogP contribution in [0.25, 0.3) is 22.2 Å². The number of esters is 1. The third kappa shape index (κ3) is 4.65. The molecule has 0 radical (unpaired) electrons. The van der Waals surface area contributed by atoms with Gasteiger partial charge in [0.2, 0.25) is 5.91 Å². The molecule has 0 saturated carbocycles. The van der Waals surface area contributed by atoms with Gasteiger partial charge in [-0.3, -0.25) is 9.48 Å². The van der Waals surface area contributed by atoms with E-state index in [1.807, 2.05) is 53.2 Å². The molecule has 0 spiro atoms. The molecule has 0 aliphatic rings. The molecule has 32 heavy (non-hydrogen) atoms. The van der Waals surface area contributed by atoms with Crippen LogP contribution in [0.2, 0.25) is 5.02 Å². The molecule has 4 aromatic rings. The quantitative estimate of drug-likeness (QED) is 0.376. The molecule has 1 aromatic heterocycles. The summed E-state index contributed by atoms with van der Waals surface area (Å²) in [6.07, 6.45) is 0.866. The van der Waals surface area contributed by atoms with Crippen molar-refractivity contribution in [2.75, 3.05) is 12.4 Å². The first-order chi connectivity index (χ1) is 15.6. The fourth-order valence-electron chi connectivity index (χ4n) is 3.61. The van der Waals surface area contributed by atoms with Crippen LogP contribution in [0.3, 0.4) is 0 Å². The summed E-state index contributed by atoms with van der Waals surface area (Å²) in [6, 6.07) is 22.4. The summed E-state index contributed by atoms with van der Waals surface area (Å²) >= 11 is 6.23. The fourth-order valence-corrected chi connectivity index (χ4v) is 3.79. The number of aromatic nitrogens is 2. The SMILES string of the molecule is COC(=O)c1ccccc1NC(=O)CCCn1nc(-c2ccccc2)c2cc(Cl)ccc21. The van der Waals surface area contributed by atoms with Gasteiger partial charge in [0.05, 0.1) is 23.9 Å². The Balaban J connectivity index is 1.48. The van der Waals surface area contributed by atoms with Crippen molar-refractivity contribution in [3.8, 4) is 11.3 Å². The number of anilines is 1. The molecule has 4 rings (SSSR count). The first-order valence-electron chi connectivity index (χ1n) is 10.3. The third-order valence-corrected chi connectivity index (χ3v) is 5.38. The molecule has 162 valence electrons. The second kappa shape index (κ2) is 9.66. The maximum atomic E-state index is 12.5. The van der Waals surface area contributed by atoms with E-state index in [2.05, 4.69) is 5.32 Å². The standard InChI is InChI=1S/C25H22ClN3O3/c1-32-25(31)19-10-5-6-11-21(19)27-23(30)12-7-15-29-22-14-13-18(26)16-20(22)24(28-29)17-8-3-2-4-9-17/h2-6,8-11,13-14,16H,7,12,15H2,1H3,(H,27,30). The van der Waals surface area contributed by atoms with E-state index in [4.69, 9.17) is 21.4 Å². The second-order valence-corrected chi connectivity index (χ2v) is 7.72.